The van der Waals surface area contributed by atoms with Gasteiger partial charge in [0.2, 0.25) is 0 Å². The quantitative estimate of drug-likeness (QED) is 0.426. The Kier molecular flexibility index (Phi) is 2.58. The van der Waals surface area contributed by atoms with E-state index in [1.807, 2.05) is 27.2 Å². The first-order valence-electron chi connectivity index (χ1n) is 8.61. The summed E-state index contributed by atoms with van der Waals surface area (Å²) >= 11 is 0. The zero-order valence-electron chi connectivity index (χ0n) is 13.9. The summed E-state index contributed by atoms with van der Waals surface area (Å²) in [7, 11) is 0. The minimum absolute atomic E-state index is 0.946. The van der Waals surface area contributed by atoms with Gasteiger partial charge in [0.25, 0.3) is 0 Å². The summed E-state index contributed by atoms with van der Waals surface area (Å²) in [4.78, 5) is 0. The zero-order chi connectivity index (χ0) is 17.1. The van der Waals surface area contributed by atoms with Gasteiger partial charge in [-0.1, -0.05) is 42.5 Å². The molecule has 0 spiro atoms. The highest BCUT2D eigenvalue weighted by Crippen LogP contribution is 2.25. The summed E-state index contributed by atoms with van der Waals surface area (Å²) in [5.41, 5.74) is 5.20. The minimum atomic E-state index is 0.946. The number of hydrogen-bond donors (Lipinski definition) is 0. The number of aromatic nitrogens is 4. The van der Waals surface area contributed by atoms with Gasteiger partial charge in [0.1, 0.15) is 0 Å². The predicted molar refractivity (Wildman–Crippen MR) is 104 cm³/mol. The molecule has 4 heterocycles. The molecule has 0 unspecified atom stereocenters. The lowest BCUT2D eigenvalue weighted by atomic mass is 10.1. The van der Waals surface area contributed by atoms with Crippen molar-refractivity contribution in [2.24, 2.45) is 0 Å². The van der Waals surface area contributed by atoms with E-state index in [0.717, 1.165) is 27.8 Å². The van der Waals surface area contributed by atoms with Crippen molar-refractivity contribution >= 4 is 32.7 Å². The van der Waals surface area contributed by atoms with Crippen LogP contribution < -0.4 is 0 Å². The molecule has 0 saturated carbocycles. The van der Waals surface area contributed by atoms with Gasteiger partial charge in [-0.3, -0.25) is 0 Å². The van der Waals surface area contributed by atoms with Gasteiger partial charge in [-0.25, -0.2) is 9.03 Å². The third-order valence-corrected chi connectivity index (χ3v) is 4.95. The Bertz CT molecular complexity index is 1380. The standard InChI is InChI=1S/C22H14N4/c1-2-6-16-13-25-18(11-15(16)5-1)12-21(24-25)17-9-10-22-19-7-3-4-8-20(19)23-26(22)14-17/h1-14H. The topological polar surface area (TPSA) is 34.6 Å². The molecule has 2 aromatic carbocycles. The summed E-state index contributed by atoms with van der Waals surface area (Å²) in [5, 5.41) is 13.0. The van der Waals surface area contributed by atoms with Crippen molar-refractivity contribution in [2.75, 3.05) is 0 Å². The van der Waals surface area contributed by atoms with Crippen molar-refractivity contribution in [1.29, 1.82) is 0 Å². The van der Waals surface area contributed by atoms with Gasteiger partial charge in [-0.05, 0) is 35.7 Å². The highest BCUT2D eigenvalue weighted by molar-refractivity contribution is 5.94. The van der Waals surface area contributed by atoms with E-state index in [4.69, 9.17) is 5.10 Å². The van der Waals surface area contributed by atoms with Crippen LogP contribution in [0.3, 0.4) is 0 Å². The summed E-state index contributed by atoms with van der Waals surface area (Å²) in [5.74, 6) is 0. The van der Waals surface area contributed by atoms with Gasteiger partial charge in [0.05, 0.1) is 22.2 Å². The fourth-order valence-corrected chi connectivity index (χ4v) is 3.64. The molecule has 26 heavy (non-hydrogen) atoms. The SMILES string of the molecule is c1ccc2cn3nc(-c4ccc5c6ccccc6nn5c4)cc3cc2c1. The lowest BCUT2D eigenvalue weighted by Crippen LogP contribution is -1.90. The van der Waals surface area contributed by atoms with Crippen LogP contribution in [0.15, 0.2) is 85.2 Å². The fourth-order valence-electron chi connectivity index (χ4n) is 3.64. The number of fused-ring (bicyclic) bond motifs is 5. The molecule has 4 heteroatoms. The molecular weight excluding hydrogens is 320 g/mol. The molecule has 0 fully saturated rings. The molecule has 122 valence electrons. The number of rotatable bonds is 1. The summed E-state index contributed by atoms with van der Waals surface area (Å²) in [6, 6.07) is 25.1. The maximum atomic E-state index is 4.77. The molecule has 4 aromatic heterocycles. The molecule has 0 radical (unpaired) electrons. The van der Waals surface area contributed by atoms with Gasteiger partial charge in [0.15, 0.2) is 0 Å². The third kappa shape index (κ3) is 1.90. The van der Waals surface area contributed by atoms with Gasteiger partial charge >= 0.3 is 0 Å². The van der Waals surface area contributed by atoms with E-state index in [9.17, 15) is 0 Å². The normalized spacial score (nSPS) is 11.8. The van der Waals surface area contributed by atoms with Crippen LogP contribution >= 0.6 is 0 Å². The van der Waals surface area contributed by atoms with Crippen LogP contribution in [0.5, 0.6) is 0 Å². The van der Waals surface area contributed by atoms with E-state index < -0.39 is 0 Å². The second kappa shape index (κ2) is 4.92. The summed E-state index contributed by atoms with van der Waals surface area (Å²) in [6.45, 7) is 0. The highest BCUT2D eigenvalue weighted by Gasteiger charge is 2.09. The van der Waals surface area contributed by atoms with Crippen molar-refractivity contribution < 1.29 is 0 Å². The Morgan fingerprint density at radius 2 is 1.50 bits per heavy atom. The second-order valence-corrected chi connectivity index (χ2v) is 6.57. The molecule has 0 bridgehead atoms. The third-order valence-electron chi connectivity index (χ3n) is 4.95. The summed E-state index contributed by atoms with van der Waals surface area (Å²) in [6.07, 6.45) is 4.13. The van der Waals surface area contributed by atoms with Crippen LogP contribution in [0.4, 0.5) is 0 Å². The van der Waals surface area contributed by atoms with E-state index in [1.165, 1.54) is 16.2 Å². The van der Waals surface area contributed by atoms with E-state index in [2.05, 4.69) is 72.1 Å². The van der Waals surface area contributed by atoms with Gasteiger partial charge in [-0.15, -0.1) is 0 Å². The Labute approximate surface area is 148 Å². The van der Waals surface area contributed by atoms with Gasteiger partial charge in [0, 0.05) is 28.7 Å². The maximum absolute atomic E-state index is 4.77. The van der Waals surface area contributed by atoms with E-state index in [0.29, 0.717) is 0 Å². The van der Waals surface area contributed by atoms with Crippen molar-refractivity contribution in [2.45, 2.75) is 0 Å². The molecule has 6 rings (SSSR count). The Balaban J connectivity index is 1.57. The van der Waals surface area contributed by atoms with Crippen molar-refractivity contribution in [3.8, 4) is 11.3 Å². The molecule has 6 aromatic rings. The minimum Gasteiger partial charge on any atom is -0.240 e. The summed E-state index contributed by atoms with van der Waals surface area (Å²) < 4.78 is 3.89. The predicted octanol–water partition coefficient (Wildman–Crippen LogP) is 4.96. The molecule has 0 atom stereocenters. The molecule has 0 aliphatic heterocycles. The fraction of sp³-hybridized carbons (Fsp3) is 0. The average molecular weight is 334 g/mol. The first kappa shape index (κ1) is 13.6. The van der Waals surface area contributed by atoms with Crippen LogP contribution in [0, 0.1) is 0 Å². The van der Waals surface area contributed by atoms with Crippen molar-refractivity contribution in [3.05, 3.63) is 85.2 Å². The van der Waals surface area contributed by atoms with Crippen LogP contribution in [0.25, 0.3) is 44.0 Å². The number of nitrogens with zero attached hydrogens (tertiary/aromatic N) is 4. The Morgan fingerprint density at radius 3 is 2.46 bits per heavy atom. The molecule has 0 amide bonds. The first-order chi connectivity index (χ1) is 12.8. The molecule has 0 N–H and O–H groups in total. The molecule has 4 nitrogen and oxygen atoms in total. The largest absolute Gasteiger partial charge is 0.240 e. The first-order valence-corrected chi connectivity index (χ1v) is 8.61. The number of pyridine rings is 2. The number of hydrogen-bond acceptors (Lipinski definition) is 2. The van der Waals surface area contributed by atoms with Gasteiger partial charge < -0.3 is 0 Å². The van der Waals surface area contributed by atoms with Crippen LogP contribution in [0.2, 0.25) is 0 Å². The Hall–Kier alpha value is -3.66. The van der Waals surface area contributed by atoms with E-state index >= 15 is 0 Å². The van der Waals surface area contributed by atoms with Crippen LogP contribution in [-0.4, -0.2) is 19.2 Å². The van der Waals surface area contributed by atoms with E-state index in [1.54, 1.807) is 0 Å². The smallest absolute Gasteiger partial charge is 0.0949 e. The van der Waals surface area contributed by atoms with Gasteiger partial charge in [-0.2, -0.15) is 10.2 Å². The molecular formula is C22H14N4. The maximum Gasteiger partial charge on any atom is 0.0949 e. The lowest BCUT2D eigenvalue weighted by Gasteiger charge is -1.99. The lowest BCUT2D eigenvalue weighted by molar-refractivity contribution is 0.961. The number of benzene rings is 2. The highest BCUT2D eigenvalue weighted by atomic mass is 15.2. The second-order valence-electron chi connectivity index (χ2n) is 6.57. The van der Waals surface area contributed by atoms with Crippen LogP contribution in [-0.2, 0) is 0 Å². The zero-order valence-corrected chi connectivity index (χ0v) is 13.9. The molecule has 0 aliphatic carbocycles. The monoisotopic (exact) mass is 334 g/mol. The van der Waals surface area contributed by atoms with Crippen LogP contribution in [0.1, 0.15) is 0 Å². The molecule has 0 aliphatic rings. The average Bonchev–Trinajstić information content (AvgIpc) is 3.26. The van der Waals surface area contributed by atoms with Crippen molar-refractivity contribution in [1.82, 2.24) is 19.2 Å². The van der Waals surface area contributed by atoms with Crippen molar-refractivity contribution in [3.63, 3.8) is 0 Å². The molecule has 0 saturated heterocycles. The van der Waals surface area contributed by atoms with E-state index in [-0.39, 0.29) is 0 Å². The Morgan fingerprint density at radius 1 is 0.654 bits per heavy atom.